The molecule has 2 N–H and O–H groups in total. The second-order valence-corrected chi connectivity index (χ2v) is 5.25. The molecule has 1 amide bonds. The van der Waals surface area contributed by atoms with E-state index in [1.54, 1.807) is 6.20 Å². The van der Waals surface area contributed by atoms with Crippen LogP contribution in [0.25, 0.3) is 10.8 Å². The van der Waals surface area contributed by atoms with E-state index in [1.807, 2.05) is 35.2 Å². The molecule has 0 unspecified atom stereocenters. The number of nitrogens with zero attached hydrogens (tertiary/aromatic N) is 2. The van der Waals surface area contributed by atoms with Crippen LogP contribution in [0.1, 0.15) is 29.8 Å². The first-order valence-corrected chi connectivity index (χ1v) is 7.16. The van der Waals surface area contributed by atoms with Crippen molar-refractivity contribution in [3.8, 4) is 0 Å². The lowest BCUT2D eigenvalue weighted by molar-refractivity contribution is 0.0585. The van der Waals surface area contributed by atoms with Crippen molar-refractivity contribution >= 4 is 16.7 Å². The van der Waals surface area contributed by atoms with Crippen molar-refractivity contribution in [1.82, 2.24) is 9.88 Å². The molecule has 104 valence electrons. The monoisotopic (exact) mass is 269 g/mol. The molecular formula is C16H19N3O. The molecule has 1 aromatic heterocycles. The molecule has 4 nitrogen and oxygen atoms in total. The number of carbonyl (C=O) groups excluding carboxylic acids is 1. The molecule has 2 aromatic rings. The highest BCUT2D eigenvalue weighted by Crippen LogP contribution is 2.27. The van der Waals surface area contributed by atoms with Crippen LogP contribution in [0.2, 0.25) is 0 Å². The first kappa shape index (κ1) is 13.1. The van der Waals surface area contributed by atoms with Crippen molar-refractivity contribution < 1.29 is 4.79 Å². The standard InChI is InChI=1S/C16H19N3O/c17-9-11-19(13-5-3-6-13)16(20)15-14-7-2-1-4-12(14)8-10-18-15/h1-2,4,7-8,10,13H,3,5-6,9,11,17H2. The molecule has 0 saturated heterocycles. The average molecular weight is 269 g/mol. The molecule has 0 atom stereocenters. The molecule has 0 bridgehead atoms. The van der Waals surface area contributed by atoms with Crippen molar-refractivity contribution in [2.75, 3.05) is 13.1 Å². The average Bonchev–Trinajstić information content (AvgIpc) is 2.43. The van der Waals surface area contributed by atoms with Crippen LogP contribution in [0, 0.1) is 0 Å². The zero-order chi connectivity index (χ0) is 13.9. The van der Waals surface area contributed by atoms with Crippen molar-refractivity contribution in [2.45, 2.75) is 25.3 Å². The Morgan fingerprint density at radius 1 is 1.30 bits per heavy atom. The van der Waals surface area contributed by atoms with Crippen LogP contribution in [0.5, 0.6) is 0 Å². The number of carbonyl (C=O) groups is 1. The van der Waals surface area contributed by atoms with Crippen LogP contribution in [0.4, 0.5) is 0 Å². The fraction of sp³-hybridized carbons (Fsp3) is 0.375. The minimum absolute atomic E-state index is 0.0111. The molecule has 4 heteroatoms. The molecule has 1 aliphatic carbocycles. The summed E-state index contributed by atoms with van der Waals surface area (Å²) in [5, 5.41) is 1.97. The van der Waals surface area contributed by atoms with E-state index in [1.165, 1.54) is 6.42 Å². The van der Waals surface area contributed by atoms with Gasteiger partial charge in [0.25, 0.3) is 5.91 Å². The fourth-order valence-electron chi connectivity index (χ4n) is 2.71. The molecule has 3 rings (SSSR count). The maximum Gasteiger partial charge on any atom is 0.273 e. The third kappa shape index (κ3) is 2.27. The lowest BCUT2D eigenvalue weighted by atomic mass is 9.91. The van der Waals surface area contributed by atoms with Gasteiger partial charge in [0.15, 0.2) is 0 Å². The fourth-order valence-corrected chi connectivity index (χ4v) is 2.71. The zero-order valence-electron chi connectivity index (χ0n) is 11.5. The lowest BCUT2D eigenvalue weighted by Gasteiger charge is -2.37. The van der Waals surface area contributed by atoms with Crippen LogP contribution >= 0.6 is 0 Å². The smallest absolute Gasteiger partial charge is 0.273 e. The van der Waals surface area contributed by atoms with Gasteiger partial charge < -0.3 is 10.6 Å². The van der Waals surface area contributed by atoms with Gasteiger partial charge in [0.1, 0.15) is 5.69 Å². The molecule has 20 heavy (non-hydrogen) atoms. The molecule has 1 fully saturated rings. The number of aromatic nitrogens is 1. The van der Waals surface area contributed by atoms with Crippen LogP contribution in [0.3, 0.4) is 0 Å². The zero-order valence-corrected chi connectivity index (χ0v) is 11.5. The van der Waals surface area contributed by atoms with Gasteiger partial charge in [-0.1, -0.05) is 24.3 Å². The molecule has 1 saturated carbocycles. The van der Waals surface area contributed by atoms with Gasteiger partial charge in [0, 0.05) is 30.7 Å². The van der Waals surface area contributed by atoms with Gasteiger partial charge >= 0.3 is 0 Å². The largest absolute Gasteiger partial charge is 0.333 e. The molecule has 0 radical (unpaired) electrons. The van der Waals surface area contributed by atoms with Gasteiger partial charge in [0.2, 0.25) is 0 Å². The molecule has 1 aliphatic rings. The van der Waals surface area contributed by atoms with E-state index in [2.05, 4.69) is 4.98 Å². The Labute approximate surface area is 118 Å². The summed E-state index contributed by atoms with van der Waals surface area (Å²) in [5.41, 5.74) is 6.21. The summed E-state index contributed by atoms with van der Waals surface area (Å²) in [6.07, 6.45) is 5.06. The SMILES string of the molecule is NCCN(C(=O)c1nccc2ccccc12)C1CCC1. The summed E-state index contributed by atoms with van der Waals surface area (Å²) in [6.45, 7) is 1.10. The number of pyridine rings is 1. The summed E-state index contributed by atoms with van der Waals surface area (Å²) in [7, 11) is 0. The third-order valence-electron chi connectivity index (χ3n) is 4.02. The second-order valence-electron chi connectivity index (χ2n) is 5.25. The normalized spacial score (nSPS) is 15.1. The first-order chi connectivity index (χ1) is 9.81. The number of fused-ring (bicyclic) bond motifs is 1. The van der Waals surface area contributed by atoms with Crippen LogP contribution in [0.15, 0.2) is 36.5 Å². The Morgan fingerprint density at radius 2 is 2.10 bits per heavy atom. The van der Waals surface area contributed by atoms with Gasteiger partial charge in [-0.2, -0.15) is 0 Å². The summed E-state index contributed by atoms with van der Waals surface area (Å²) >= 11 is 0. The number of benzene rings is 1. The van der Waals surface area contributed by atoms with E-state index < -0.39 is 0 Å². The highest BCUT2D eigenvalue weighted by molar-refractivity contribution is 6.05. The number of hydrogen-bond acceptors (Lipinski definition) is 3. The maximum absolute atomic E-state index is 12.8. The van der Waals surface area contributed by atoms with E-state index in [9.17, 15) is 4.79 Å². The Balaban J connectivity index is 1.98. The second kappa shape index (κ2) is 5.59. The summed E-state index contributed by atoms with van der Waals surface area (Å²) in [4.78, 5) is 19.0. The van der Waals surface area contributed by atoms with Gasteiger partial charge in [-0.25, -0.2) is 0 Å². The number of hydrogen-bond donors (Lipinski definition) is 1. The van der Waals surface area contributed by atoms with E-state index in [-0.39, 0.29) is 5.91 Å². The van der Waals surface area contributed by atoms with Crippen molar-refractivity contribution in [2.24, 2.45) is 5.73 Å². The van der Waals surface area contributed by atoms with Crippen LogP contribution in [-0.2, 0) is 0 Å². The van der Waals surface area contributed by atoms with Crippen LogP contribution < -0.4 is 5.73 Å². The molecule has 0 aliphatic heterocycles. The summed E-state index contributed by atoms with van der Waals surface area (Å²) < 4.78 is 0. The van der Waals surface area contributed by atoms with Gasteiger partial charge in [0.05, 0.1) is 0 Å². The summed E-state index contributed by atoms with van der Waals surface area (Å²) in [6, 6.07) is 10.1. The van der Waals surface area contributed by atoms with Gasteiger partial charge in [-0.05, 0) is 30.7 Å². The maximum atomic E-state index is 12.8. The van der Waals surface area contributed by atoms with Crippen molar-refractivity contribution in [1.29, 1.82) is 0 Å². The predicted molar refractivity (Wildman–Crippen MR) is 79.5 cm³/mol. The quantitative estimate of drug-likeness (QED) is 0.925. The van der Waals surface area contributed by atoms with Crippen molar-refractivity contribution in [3.05, 3.63) is 42.2 Å². The first-order valence-electron chi connectivity index (χ1n) is 7.16. The minimum Gasteiger partial charge on any atom is -0.333 e. The van der Waals surface area contributed by atoms with Crippen molar-refractivity contribution in [3.63, 3.8) is 0 Å². The Kier molecular flexibility index (Phi) is 3.65. The van der Waals surface area contributed by atoms with E-state index in [0.717, 1.165) is 23.6 Å². The Bertz CT molecular complexity index is 617. The highest BCUT2D eigenvalue weighted by atomic mass is 16.2. The van der Waals surface area contributed by atoms with Gasteiger partial charge in [-0.15, -0.1) is 0 Å². The van der Waals surface area contributed by atoms with E-state index in [4.69, 9.17) is 5.73 Å². The lowest BCUT2D eigenvalue weighted by Crippen LogP contribution is -2.46. The molecule has 1 heterocycles. The minimum atomic E-state index is 0.0111. The Morgan fingerprint density at radius 3 is 2.80 bits per heavy atom. The topological polar surface area (TPSA) is 59.2 Å². The molecule has 0 spiro atoms. The molecular weight excluding hydrogens is 250 g/mol. The number of amides is 1. The van der Waals surface area contributed by atoms with E-state index in [0.29, 0.717) is 24.8 Å². The number of rotatable bonds is 4. The van der Waals surface area contributed by atoms with Crippen LogP contribution in [-0.4, -0.2) is 34.9 Å². The molecule has 1 aromatic carbocycles. The predicted octanol–water partition coefficient (Wildman–Crippen LogP) is 2.19. The summed E-state index contributed by atoms with van der Waals surface area (Å²) in [5.74, 6) is 0.0111. The van der Waals surface area contributed by atoms with E-state index >= 15 is 0 Å². The highest BCUT2D eigenvalue weighted by Gasteiger charge is 2.30. The third-order valence-corrected chi connectivity index (χ3v) is 4.02. The number of nitrogens with two attached hydrogens (primary N) is 1. The van der Waals surface area contributed by atoms with Gasteiger partial charge in [-0.3, -0.25) is 9.78 Å². The Hall–Kier alpha value is -1.94.